The van der Waals surface area contributed by atoms with E-state index < -0.39 is 59.1 Å². The van der Waals surface area contributed by atoms with E-state index in [0.29, 0.717) is 0 Å². The molecule has 34 heavy (non-hydrogen) atoms. The van der Waals surface area contributed by atoms with E-state index in [0.717, 1.165) is 0 Å². The SMILES string of the molecule is CC(=O)OC[C@@H]1C[C@H](OC(C)=O)[C@@H](OC(C)=O)[C@H](OC(C)(C)CC(C)(C)C(=O)OC(C)(C)C)O1. The maximum Gasteiger partial charge on any atom is 0.312 e. The Morgan fingerprint density at radius 3 is 1.88 bits per heavy atom. The van der Waals surface area contributed by atoms with Crippen molar-refractivity contribution in [2.45, 2.75) is 118 Å². The Bertz CT molecular complexity index is 749. The lowest BCUT2D eigenvalue weighted by Crippen LogP contribution is -2.56. The van der Waals surface area contributed by atoms with E-state index in [1.54, 1.807) is 48.5 Å². The third kappa shape index (κ3) is 10.4. The summed E-state index contributed by atoms with van der Waals surface area (Å²) in [6.07, 6.45) is -3.37. The highest BCUT2D eigenvalue weighted by Crippen LogP contribution is 2.36. The van der Waals surface area contributed by atoms with Crippen LogP contribution in [0.3, 0.4) is 0 Å². The lowest BCUT2D eigenvalue weighted by Gasteiger charge is -2.44. The first kappa shape index (κ1) is 29.8. The predicted molar refractivity (Wildman–Crippen MR) is 120 cm³/mol. The smallest absolute Gasteiger partial charge is 0.312 e. The first-order valence-electron chi connectivity index (χ1n) is 11.4. The van der Waals surface area contributed by atoms with E-state index >= 15 is 0 Å². The lowest BCUT2D eigenvalue weighted by atomic mass is 9.81. The third-order valence-electron chi connectivity index (χ3n) is 4.80. The van der Waals surface area contributed by atoms with Gasteiger partial charge in [-0.15, -0.1) is 0 Å². The normalized spacial score (nSPS) is 23.6. The van der Waals surface area contributed by atoms with Crippen LogP contribution in [0.25, 0.3) is 0 Å². The van der Waals surface area contributed by atoms with Gasteiger partial charge in [0.05, 0.1) is 17.1 Å². The number of hydrogen-bond acceptors (Lipinski definition) is 10. The van der Waals surface area contributed by atoms with Gasteiger partial charge in [0.1, 0.15) is 18.3 Å². The van der Waals surface area contributed by atoms with Gasteiger partial charge in [0.2, 0.25) is 0 Å². The summed E-state index contributed by atoms with van der Waals surface area (Å²) >= 11 is 0. The summed E-state index contributed by atoms with van der Waals surface area (Å²) in [5, 5.41) is 0. The van der Waals surface area contributed by atoms with Crippen LogP contribution in [0.1, 0.15) is 82.1 Å². The van der Waals surface area contributed by atoms with Gasteiger partial charge in [0.15, 0.2) is 12.4 Å². The molecule has 1 saturated heterocycles. The summed E-state index contributed by atoms with van der Waals surface area (Å²) in [6, 6.07) is 0. The number of hydrogen-bond donors (Lipinski definition) is 0. The fourth-order valence-corrected chi connectivity index (χ4v) is 3.86. The molecular weight excluding hydrogens is 448 g/mol. The second-order valence-electron chi connectivity index (χ2n) is 10.8. The number of rotatable bonds is 9. The van der Waals surface area contributed by atoms with Crippen molar-refractivity contribution in [3.8, 4) is 0 Å². The second-order valence-corrected chi connectivity index (χ2v) is 10.8. The Hall–Kier alpha value is -2.20. The molecule has 0 saturated carbocycles. The maximum atomic E-state index is 12.8. The van der Waals surface area contributed by atoms with Gasteiger partial charge in [-0.25, -0.2) is 0 Å². The highest BCUT2D eigenvalue weighted by Gasteiger charge is 2.47. The number of ether oxygens (including phenoxy) is 6. The Balaban J connectivity index is 3.14. The molecule has 1 heterocycles. The minimum atomic E-state index is -1.15. The van der Waals surface area contributed by atoms with Gasteiger partial charge < -0.3 is 28.4 Å². The van der Waals surface area contributed by atoms with E-state index in [2.05, 4.69) is 0 Å². The molecule has 0 aromatic carbocycles. The van der Waals surface area contributed by atoms with Crippen LogP contribution < -0.4 is 0 Å². The average Bonchev–Trinajstić information content (AvgIpc) is 2.59. The van der Waals surface area contributed by atoms with Crippen LogP contribution in [0, 0.1) is 5.41 Å². The Morgan fingerprint density at radius 1 is 0.853 bits per heavy atom. The molecule has 1 aliphatic heterocycles. The van der Waals surface area contributed by atoms with Gasteiger partial charge in [-0.1, -0.05) is 0 Å². The van der Waals surface area contributed by atoms with E-state index in [1.807, 2.05) is 0 Å². The molecule has 0 aromatic heterocycles. The van der Waals surface area contributed by atoms with E-state index in [-0.39, 0.29) is 25.4 Å². The quantitative estimate of drug-likeness (QED) is 0.353. The fraction of sp³-hybridized carbons (Fsp3) is 0.833. The second kappa shape index (κ2) is 11.5. The molecule has 0 aromatic rings. The molecule has 0 aliphatic carbocycles. The van der Waals surface area contributed by atoms with Gasteiger partial charge >= 0.3 is 23.9 Å². The van der Waals surface area contributed by atoms with Crippen molar-refractivity contribution in [3.63, 3.8) is 0 Å². The number of carbonyl (C=O) groups excluding carboxylic acids is 4. The van der Waals surface area contributed by atoms with Crippen molar-refractivity contribution in [3.05, 3.63) is 0 Å². The molecule has 1 fully saturated rings. The molecule has 1 rings (SSSR count). The number of carbonyl (C=O) groups is 4. The highest BCUT2D eigenvalue weighted by molar-refractivity contribution is 5.76. The summed E-state index contributed by atoms with van der Waals surface area (Å²) in [5.74, 6) is -2.06. The zero-order valence-electron chi connectivity index (χ0n) is 22.0. The van der Waals surface area contributed by atoms with E-state index in [9.17, 15) is 19.2 Å². The first-order valence-corrected chi connectivity index (χ1v) is 11.4. The Kier molecular flexibility index (Phi) is 10.1. The van der Waals surface area contributed by atoms with Gasteiger partial charge in [0.25, 0.3) is 0 Å². The zero-order valence-corrected chi connectivity index (χ0v) is 22.0. The van der Waals surface area contributed by atoms with Gasteiger partial charge in [-0.2, -0.15) is 0 Å². The molecule has 0 amide bonds. The van der Waals surface area contributed by atoms with Crippen molar-refractivity contribution in [2.75, 3.05) is 6.61 Å². The molecule has 0 N–H and O–H groups in total. The summed E-state index contributed by atoms with van der Waals surface area (Å²) in [7, 11) is 0. The minimum absolute atomic E-state index is 0.0937. The lowest BCUT2D eigenvalue weighted by molar-refractivity contribution is -0.306. The minimum Gasteiger partial charge on any atom is -0.463 e. The third-order valence-corrected chi connectivity index (χ3v) is 4.80. The van der Waals surface area contributed by atoms with E-state index in [4.69, 9.17) is 28.4 Å². The zero-order chi connectivity index (χ0) is 26.5. The summed E-state index contributed by atoms with van der Waals surface area (Å²) in [4.78, 5) is 47.5. The molecule has 0 unspecified atom stereocenters. The van der Waals surface area contributed by atoms with Gasteiger partial charge in [-0.3, -0.25) is 19.2 Å². The Morgan fingerprint density at radius 2 is 1.41 bits per heavy atom. The predicted octanol–water partition coefficient (Wildman–Crippen LogP) is 3.08. The molecule has 0 bridgehead atoms. The molecule has 1 aliphatic rings. The van der Waals surface area contributed by atoms with Crippen molar-refractivity contribution >= 4 is 23.9 Å². The van der Waals surface area contributed by atoms with Crippen LogP contribution in [0.2, 0.25) is 0 Å². The van der Waals surface area contributed by atoms with Crippen LogP contribution in [-0.2, 0) is 47.6 Å². The van der Waals surface area contributed by atoms with Crippen molar-refractivity contribution in [2.24, 2.45) is 5.41 Å². The number of esters is 4. The molecular formula is C24H40O10. The van der Waals surface area contributed by atoms with Crippen LogP contribution in [-0.4, -0.2) is 66.3 Å². The van der Waals surface area contributed by atoms with Gasteiger partial charge in [0, 0.05) is 27.2 Å². The molecule has 0 radical (unpaired) electrons. The van der Waals surface area contributed by atoms with Gasteiger partial charge in [-0.05, 0) is 54.9 Å². The molecule has 10 heteroatoms. The van der Waals surface area contributed by atoms with Crippen molar-refractivity contribution in [1.82, 2.24) is 0 Å². The van der Waals surface area contributed by atoms with Crippen LogP contribution in [0.5, 0.6) is 0 Å². The molecule has 0 spiro atoms. The molecule has 10 nitrogen and oxygen atoms in total. The largest absolute Gasteiger partial charge is 0.463 e. The summed E-state index contributed by atoms with van der Waals surface area (Å²) in [6.45, 7) is 16.1. The monoisotopic (exact) mass is 488 g/mol. The molecule has 4 atom stereocenters. The van der Waals surface area contributed by atoms with Crippen LogP contribution in [0.4, 0.5) is 0 Å². The van der Waals surface area contributed by atoms with Crippen molar-refractivity contribution in [1.29, 1.82) is 0 Å². The Labute approximate surface area is 201 Å². The fourth-order valence-electron chi connectivity index (χ4n) is 3.86. The summed E-state index contributed by atoms with van der Waals surface area (Å²) in [5.41, 5.74) is -2.50. The maximum absolute atomic E-state index is 12.8. The first-order chi connectivity index (χ1) is 15.3. The van der Waals surface area contributed by atoms with Crippen molar-refractivity contribution < 1.29 is 47.6 Å². The van der Waals surface area contributed by atoms with Crippen LogP contribution in [0.15, 0.2) is 0 Å². The average molecular weight is 489 g/mol. The topological polar surface area (TPSA) is 124 Å². The van der Waals surface area contributed by atoms with E-state index in [1.165, 1.54) is 20.8 Å². The summed E-state index contributed by atoms with van der Waals surface area (Å²) < 4.78 is 33.6. The highest BCUT2D eigenvalue weighted by atomic mass is 16.7. The van der Waals surface area contributed by atoms with Crippen LogP contribution >= 0.6 is 0 Å². The molecule has 196 valence electrons. The standard InChI is InChI=1S/C24H40O10/c1-14(25)29-12-17-11-18(30-15(2)26)19(31-16(3)27)20(32-17)33-24(9,10)13-23(7,8)21(28)34-22(4,5)6/h17-20H,11-13H2,1-10H3/t17-,18-,19+,20-/m0/s1.